The number of hydrogen-bond donors (Lipinski definition) is 1. The van der Waals surface area contributed by atoms with Crippen LogP contribution in [0.4, 0.5) is 11.5 Å². The fraction of sp³-hybridized carbons (Fsp3) is 0.346. The molecule has 0 spiro atoms. The molecule has 0 saturated heterocycles. The second-order valence-electron chi connectivity index (χ2n) is 8.68. The first-order chi connectivity index (χ1) is 18.2. The Morgan fingerprint density at radius 1 is 1.05 bits per heavy atom. The molecule has 0 aliphatic rings. The van der Waals surface area contributed by atoms with Crippen molar-refractivity contribution in [1.82, 2.24) is 14.0 Å². The molecule has 0 amide bonds. The first kappa shape index (κ1) is 28.6. The SMILES string of the molecule is Cn1c(NCCN(CCCc2ccc([N+](=O)[O-])cc2)CCOC(=O)c2ccccc2Cl)cc(=O)n(C)c1=O. The van der Waals surface area contributed by atoms with Crippen LogP contribution >= 0.6 is 11.6 Å². The van der Waals surface area contributed by atoms with Crippen molar-refractivity contribution in [2.45, 2.75) is 12.8 Å². The molecule has 0 radical (unpaired) electrons. The predicted molar refractivity (Wildman–Crippen MR) is 145 cm³/mol. The summed E-state index contributed by atoms with van der Waals surface area (Å²) in [6.07, 6.45) is 1.48. The van der Waals surface area contributed by atoms with Gasteiger partial charge in [0, 0.05) is 51.9 Å². The number of nitro groups is 1. The maximum atomic E-state index is 12.4. The summed E-state index contributed by atoms with van der Waals surface area (Å²) in [4.78, 5) is 49.1. The van der Waals surface area contributed by atoms with Crippen LogP contribution in [0.15, 0.2) is 64.2 Å². The number of esters is 1. The highest BCUT2D eigenvalue weighted by atomic mass is 35.5. The molecule has 202 valence electrons. The summed E-state index contributed by atoms with van der Waals surface area (Å²) in [6, 6.07) is 14.5. The molecular weight excluding hydrogens is 514 g/mol. The number of benzene rings is 2. The maximum absolute atomic E-state index is 12.4. The van der Waals surface area contributed by atoms with Crippen molar-refractivity contribution in [1.29, 1.82) is 0 Å². The number of anilines is 1. The third kappa shape index (κ3) is 7.77. The van der Waals surface area contributed by atoms with Crippen LogP contribution in [-0.2, 0) is 25.3 Å². The average molecular weight is 544 g/mol. The topological polar surface area (TPSA) is 129 Å². The third-order valence-corrected chi connectivity index (χ3v) is 6.41. The van der Waals surface area contributed by atoms with Crippen molar-refractivity contribution in [2.75, 3.05) is 38.1 Å². The molecule has 0 aliphatic heterocycles. The van der Waals surface area contributed by atoms with Crippen LogP contribution in [0.25, 0.3) is 0 Å². The molecule has 3 rings (SSSR count). The van der Waals surface area contributed by atoms with Crippen LogP contribution in [0, 0.1) is 10.1 Å². The van der Waals surface area contributed by atoms with Gasteiger partial charge >= 0.3 is 11.7 Å². The number of nitrogens with zero attached hydrogens (tertiary/aromatic N) is 4. The Labute approximate surface area is 224 Å². The molecule has 0 saturated carbocycles. The maximum Gasteiger partial charge on any atom is 0.339 e. The number of hydrogen-bond acceptors (Lipinski definition) is 8. The van der Waals surface area contributed by atoms with Crippen LogP contribution in [0.3, 0.4) is 0 Å². The van der Waals surface area contributed by atoms with E-state index in [1.807, 2.05) is 0 Å². The Morgan fingerprint density at radius 3 is 2.45 bits per heavy atom. The van der Waals surface area contributed by atoms with Gasteiger partial charge in [-0.2, -0.15) is 0 Å². The highest BCUT2D eigenvalue weighted by Gasteiger charge is 2.13. The zero-order chi connectivity index (χ0) is 27.7. The first-order valence-electron chi connectivity index (χ1n) is 12.1. The molecule has 1 N–H and O–H groups in total. The largest absolute Gasteiger partial charge is 0.461 e. The Kier molecular flexibility index (Phi) is 10.2. The fourth-order valence-electron chi connectivity index (χ4n) is 3.84. The lowest BCUT2D eigenvalue weighted by Gasteiger charge is -2.23. The smallest absolute Gasteiger partial charge is 0.339 e. The number of nitrogens with one attached hydrogen (secondary N) is 1. The minimum absolute atomic E-state index is 0.0481. The van der Waals surface area contributed by atoms with Crippen LogP contribution in [0.2, 0.25) is 5.02 Å². The zero-order valence-corrected chi connectivity index (χ0v) is 22.0. The summed E-state index contributed by atoms with van der Waals surface area (Å²) in [6.45, 7) is 2.25. The van der Waals surface area contributed by atoms with E-state index in [2.05, 4.69) is 10.2 Å². The molecule has 0 fully saturated rings. The van der Waals surface area contributed by atoms with E-state index in [4.69, 9.17) is 16.3 Å². The lowest BCUT2D eigenvalue weighted by Crippen LogP contribution is -2.38. The lowest BCUT2D eigenvalue weighted by atomic mass is 10.1. The number of nitro benzene ring substituents is 1. The number of ether oxygens (including phenoxy) is 1. The summed E-state index contributed by atoms with van der Waals surface area (Å²) in [5.41, 5.74) is 0.501. The van der Waals surface area contributed by atoms with Crippen molar-refractivity contribution in [3.63, 3.8) is 0 Å². The van der Waals surface area contributed by atoms with Gasteiger partial charge < -0.3 is 10.1 Å². The molecule has 0 atom stereocenters. The van der Waals surface area contributed by atoms with E-state index in [9.17, 15) is 24.5 Å². The summed E-state index contributed by atoms with van der Waals surface area (Å²) >= 11 is 6.08. The second kappa shape index (κ2) is 13.5. The lowest BCUT2D eigenvalue weighted by molar-refractivity contribution is -0.384. The minimum atomic E-state index is -0.505. The molecule has 3 aromatic rings. The first-order valence-corrected chi connectivity index (χ1v) is 12.4. The van der Waals surface area contributed by atoms with E-state index in [0.29, 0.717) is 49.0 Å². The molecule has 2 aromatic carbocycles. The highest BCUT2D eigenvalue weighted by Crippen LogP contribution is 2.16. The second-order valence-corrected chi connectivity index (χ2v) is 9.09. The molecule has 0 aliphatic carbocycles. The number of rotatable bonds is 13. The van der Waals surface area contributed by atoms with E-state index in [0.717, 1.165) is 16.6 Å². The van der Waals surface area contributed by atoms with Gasteiger partial charge in [-0.25, -0.2) is 9.59 Å². The molecular formula is C26H30ClN5O6. The highest BCUT2D eigenvalue weighted by molar-refractivity contribution is 6.33. The van der Waals surface area contributed by atoms with Gasteiger partial charge in [-0.1, -0.05) is 35.9 Å². The normalized spacial score (nSPS) is 10.9. The minimum Gasteiger partial charge on any atom is -0.461 e. The monoisotopic (exact) mass is 543 g/mol. The molecule has 1 heterocycles. The van der Waals surface area contributed by atoms with Crippen molar-refractivity contribution in [3.8, 4) is 0 Å². The standard InChI is InChI=1S/C26H30ClN5O6/c1-29-23(18-24(33)30(2)26(29)35)28-13-15-31(14-5-6-19-9-11-20(12-10-19)32(36)37)16-17-38-25(34)21-7-3-4-8-22(21)27/h3-4,7-12,18,28H,5-6,13-17H2,1-2H3. The number of aromatic nitrogens is 2. The van der Waals surface area contributed by atoms with E-state index in [1.165, 1.54) is 29.8 Å². The van der Waals surface area contributed by atoms with E-state index >= 15 is 0 Å². The van der Waals surface area contributed by atoms with E-state index in [-0.39, 0.29) is 12.3 Å². The summed E-state index contributed by atoms with van der Waals surface area (Å²) in [7, 11) is 3.01. The quantitative estimate of drug-likeness (QED) is 0.198. The number of non-ortho nitro benzene ring substituents is 1. The molecule has 12 heteroatoms. The fourth-order valence-corrected chi connectivity index (χ4v) is 4.06. The number of carbonyl (C=O) groups is 1. The van der Waals surface area contributed by atoms with Crippen LogP contribution in [-0.4, -0.2) is 57.7 Å². The predicted octanol–water partition coefficient (Wildman–Crippen LogP) is 2.85. The van der Waals surface area contributed by atoms with Crippen molar-refractivity contribution in [2.24, 2.45) is 14.1 Å². The molecule has 11 nitrogen and oxygen atoms in total. The van der Waals surface area contributed by atoms with Gasteiger partial charge in [-0.3, -0.25) is 28.9 Å². The van der Waals surface area contributed by atoms with Gasteiger partial charge in [0.2, 0.25) is 0 Å². The van der Waals surface area contributed by atoms with Gasteiger partial charge in [0.1, 0.15) is 12.4 Å². The van der Waals surface area contributed by atoms with Crippen LogP contribution in [0.1, 0.15) is 22.3 Å². The summed E-state index contributed by atoms with van der Waals surface area (Å²) in [5.74, 6) is -0.0937. The molecule has 0 unspecified atom stereocenters. The van der Waals surface area contributed by atoms with Crippen LogP contribution in [0.5, 0.6) is 0 Å². The molecule has 38 heavy (non-hydrogen) atoms. The Balaban J connectivity index is 1.58. The Hall–Kier alpha value is -3.96. The van der Waals surface area contributed by atoms with Crippen LogP contribution < -0.4 is 16.6 Å². The number of halogens is 1. The van der Waals surface area contributed by atoms with Crippen molar-refractivity contribution < 1.29 is 14.5 Å². The Morgan fingerprint density at radius 2 is 1.76 bits per heavy atom. The molecule has 1 aromatic heterocycles. The number of aryl methyl sites for hydroxylation is 1. The van der Waals surface area contributed by atoms with Gasteiger partial charge in [0.05, 0.1) is 15.5 Å². The zero-order valence-electron chi connectivity index (χ0n) is 21.3. The van der Waals surface area contributed by atoms with E-state index < -0.39 is 22.1 Å². The van der Waals surface area contributed by atoms with Gasteiger partial charge in [-0.15, -0.1) is 0 Å². The Bertz CT molecular complexity index is 1390. The number of carbonyl (C=O) groups excluding carboxylic acids is 1. The molecule has 0 bridgehead atoms. The van der Waals surface area contributed by atoms with Gasteiger partial charge in [-0.05, 0) is 37.1 Å². The van der Waals surface area contributed by atoms with Crippen molar-refractivity contribution >= 4 is 29.1 Å². The van der Waals surface area contributed by atoms with Gasteiger partial charge in [0.15, 0.2) is 0 Å². The average Bonchev–Trinajstić information content (AvgIpc) is 2.90. The van der Waals surface area contributed by atoms with Gasteiger partial charge in [0.25, 0.3) is 11.2 Å². The summed E-state index contributed by atoms with van der Waals surface area (Å²) < 4.78 is 7.83. The van der Waals surface area contributed by atoms with E-state index in [1.54, 1.807) is 43.4 Å². The summed E-state index contributed by atoms with van der Waals surface area (Å²) in [5, 5.41) is 14.3. The van der Waals surface area contributed by atoms with Crippen molar-refractivity contribution in [3.05, 3.63) is 102 Å². The third-order valence-electron chi connectivity index (χ3n) is 6.08.